The maximum Gasteiger partial charge on any atom is 0.183 e. The third kappa shape index (κ3) is 2.16. The summed E-state index contributed by atoms with van der Waals surface area (Å²) in [5, 5.41) is 5.56. The lowest BCUT2D eigenvalue weighted by atomic mass is 9.69. The Morgan fingerprint density at radius 3 is 2.70 bits per heavy atom. The average molecular weight is 361 g/mol. The first kappa shape index (κ1) is 16.8. The van der Waals surface area contributed by atoms with Crippen molar-refractivity contribution in [1.82, 2.24) is 14.6 Å². The van der Waals surface area contributed by atoms with Crippen LogP contribution in [0.4, 0.5) is 0 Å². The molecule has 4 heteroatoms. The van der Waals surface area contributed by atoms with Crippen LogP contribution in [0, 0.1) is 12.3 Å². The fourth-order valence-corrected chi connectivity index (χ4v) is 5.40. The Kier molecular flexibility index (Phi) is 3.63. The average Bonchev–Trinajstić information content (AvgIpc) is 3.27. The minimum absolute atomic E-state index is 0.102. The molecule has 0 aliphatic carbocycles. The fraction of sp³-hybridized carbons (Fsp3) is 0.435. The van der Waals surface area contributed by atoms with Crippen molar-refractivity contribution in [3.8, 4) is 0 Å². The van der Waals surface area contributed by atoms with E-state index in [1.807, 2.05) is 6.92 Å². The molecule has 0 saturated carbocycles. The van der Waals surface area contributed by atoms with E-state index in [2.05, 4.69) is 71.9 Å². The summed E-state index contributed by atoms with van der Waals surface area (Å²) < 4.78 is 8.22. The topological polar surface area (TPSA) is 34.2 Å². The highest BCUT2D eigenvalue weighted by atomic mass is 16.5. The molecule has 0 N–H and O–H groups in total. The molecular weight excluding hydrogens is 334 g/mol. The largest absolute Gasteiger partial charge is 0.354 e. The number of para-hydroxylation sites is 1. The molecule has 0 bridgehead atoms. The molecule has 2 aromatic heterocycles. The van der Waals surface area contributed by atoms with Crippen LogP contribution in [0.1, 0.15) is 55.4 Å². The molecule has 0 saturated heterocycles. The third-order valence-electron chi connectivity index (χ3n) is 6.84. The predicted octanol–water partition coefficient (Wildman–Crippen LogP) is 5.18. The van der Waals surface area contributed by atoms with Gasteiger partial charge in [0.15, 0.2) is 5.76 Å². The first-order valence-electron chi connectivity index (χ1n) is 10.1. The number of rotatable bonds is 3. The van der Waals surface area contributed by atoms with Crippen molar-refractivity contribution < 1.29 is 4.52 Å². The summed E-state index contributed by atoms with van der Waals surface area (Å²) in [5.74, 6) is 0.869. The Morgan fingerprint density at radius 2 is 2.00 bits per heavy atom. The number of hydrogen-bond acceptors (Lipinski definition) is 3. The van der Waals surface area contributed by atoms with Crippen molar-refractivity contribution in [2.75, 3.05) is 13.6 Å². The number of hydrogen-bond donors (Lipinski definition) is 0. The molecule has 4 heterocycles. The number of aromatic nitrogens is 2. The lowest BCUT2D eigenvalue weighted by Crippen LogP contribution is -2.45. The first-order valence-corrected chi connectivity index (χ1v) is 10.1. The molecule has 0 unspecified atom stereocenters. The zero-order valence-corrected chi connectivity index (χ0v) is 16.6. The monoisotopic (exact) mass is 361 g/mol. The van der Waals surface area contributed by atoms with Gasteiger partial charge in [-0.05, 0) is 50.9 Å². The van der Waals surface area contributed by atoms with E-state index in [0.29, 0.717) is 6.04 Å². The van der Waals surface area contributed by atoms with Crippen LogP contribution in [0.25, 0.3) is 16.6 Å². The number of fused-ring (bicyclic) bond motifs is 3. The zero-order valence-electron chi connectivity index (χ0n) is 16.6. The summed E-state index contributed by atoms with van der Waals surface area (Å²) in [6.45, 7) is 7.74. The van der Waals surface area contributed by atoms with Crippen molar-refractivity contribution in [2.24, 2.45) is 5.41 Å². The molecule has 3 aromatic rings. The Balaban J connectivity index is 1.91. The van der Waals surface area contributed by atoms with Gasteiger partial charge in [0.2, 0.25) is 0 Å². The number of likely N-dealkylation sites (N-methyl/N-ethyl adjacent to an activating group) is 1. The van der Waals surface area contributed by atoms with Crippen LogP contribution >= 0.6 is 0 Å². The molecule has 0 fully saturated rings. The van der Waals surface area contributed by atoms with Crippen LogP contribution in [-0.4, -0.2) is 28.2 Å². The maximum absolute atomic E-state index is 5.76. The van der Waals surface area contributed by atoms with E-state index in [4.69, 9.17) is 4.52 Å². The van der Waals surface area contributed by atoms with Crippen LogP contribution < -0.4 is 0 Å². The summed E-state index contributed by atoms with van der Waals surface area (Å²) in [5.41, 5.74) is 6.44. The molecule has 1 atom stereocenters. The molecule has 4 nitrogen and oxygen atoms in total. The van der Waals surface area contributed by atoms with Crippen molar-refractivity contribution in [3.63, 3.8) is 0 Å². The van der Waals surface area contributed by atoms with E-state index in [9.17, 15) is 0 Å². The van der Waals surface area contributed by atoms with Gasteiger partial charge in [-0.3, -0.25) is 4.90 Å². The summed E-state index contributed by atoms with van der Waals surface area (Å²) in [6.07, 6.45) is 5.79. The van der Waals surface area contributed by atoms with E-state index in [1.54, 1.807) is 0 Å². The second kappa shape index (κ2) is 5.83. The van der Waals surface area contributed by atoms with Gasteiger partial charge in [0.05, 0.1) is 22.9 Å². The number of nitrogens with zero attached hydrogens (tertiary/aromatic N) is 3. The van der Waals surface area contributed by atoms with Crippen LogP contribution in [0.5, 0.6) is 0 Å². The van der Waals surface area contributed by atoms with Gasteiger partial charge >= 0.3 is 0 Å². The van der Waals surface area contributed by atoms with Crippen LogP contribution in [0.15, 0.2) is 40.9 Å². The van der Waals surface area contributed by atoms with Gasteiger partial charge in [-0.1, -0.05) is 37.2 Å². The Labute approximate surface area is 160 Å². The van der Waals surface area contributed by atoms with E-state index < -0.39 is 0 Å². The minimum atomic E-state index is 0.102. The summed E-state index contributed by atoms with van der Waals surface area (Å²) in [6, 6.07) is 11.3. The Bertz CT molecular complexity index is 1050. The lowest BCUT2D eigenvalue weighted by molar-refractivity contribution is 0.0938. The molecule has 0 amide bonds. The van der Waals surface area contributed by atoms with Crippen LogP contribution in [0.3, 0.4) is 0 Å². The highest BCUT2D eigenvalue weighted by molar-refractivity contribution is 5.91. The molecule has 2 aliphatic rings. The van der Waals surface area contributed by atoms with E-state index >= 15 is 0 Å². The number of aryl methyl sites for hydroxylation is 1. The smallest absolute Gasteiger partial charge is 0.183 e. The summed E-state index contributed by atoms with van der Waals surface area (Å²) in [4.78, 5) is 2.56. The van der Waals surface area contributed by atoms with E-state index in [0.717, 1.165) is 43.0 Å². The normalized spacial score (nSPS) is 21.3. The lowest BCUT2D eigenvalue weighted by Gasteiger charge is -2.48. The second-order valence-corrected chi connectivity index (χ2v) is 8.15. The molecule has 27 heavy (non-hydrogen) atoms. The molecule has 0 spiro atoms. The molecule has 2 aliphatic heterocycles. The van der Waals surface area contributed by atoms with Crippen LogP contribution in [0.2, 0.25) is 0 Å². The number of benzene rings is 1. The van der Waals surface area contributed by atoms with Crippen molar-refractivity contribution >= 4 is 16.6 Å². The molecule has 5 rings (SSSR count). The van der Waals surface area contributed by atoms with Crippen molar-refractivity contribution in [3.05, 3.63) is 59.1 Å². The van der Waals surface area contributed by atoms with E-state index in [-0.39, 0.29) is 5.41 Å². The SMILES string of the molecule is CCC1(CC)C=C(c2cc(C)no2)n2c3c(c4ccccc42)CCN(C)[C@H]31. The zero-order chi connectivity index (χ0) is 18.8. The quantitative estimate of drug-likeness (QED) is 0.645. The molecule has 1 aromatic carbocycles. The Hall–Kier alpha value is -2.33. The maximum atomic E-state index is 5.76. The third-order valence-corrected chi connectivity index (χ3v) is 6.84. The standard InChI is InChI=1S/C23H27N3O/c1-5-23(6-2)14-19(20-13-15(3)24-27-20)26-18-10-8-7-9-16(18)17-11-12-25(4)22(23)21(17)26/h7-10,13-14,22H,5-6,11-12H2,1-4H3/t22-/m1/s1. The van der Waals surface area contributed by atoms with Gasteiger partial charge in [0, 0.05) is 29.1 Å². The molecule has 140 valence electrons. The van der Waals surface area contributed by atoms with Gasteiger partial charge in [0.25, 0.3) is 0 Å². The first-order chi connectivity index (χ1) is 13.1. The highest BCUT2D eigenvalue weighted by Crippen LogP contribution is 2.54. The van der Waals surface area contributed by atoms with Gasteiger partial charge in [-0.15, -0.1) is 0 Å². The van der Waals surface area contributed by atoms with Gasteiger partial charge < -0.3 is 9.09 Å². The highest BCUT2D eigenvalue weighted by Gasteiger charge is 2.47. The van der Waals surface area contributed by atoms with E-state index in [1.165, 1.54) is 22.2 Å². The van der Waals surface area contributed by atoms with Crippen molar-refractivity contribution in [1.29, 1.82) is 0 Å². The predicted molar refractivity (Wildman–Crippen MR) is 109 cm³/mol. The minimum Gasteiger partial charge on any atom is -0.354 e. The second-order valence-electron chi connectivity index (χ2n) is 8.15. The Morgan fingerprint density at radius 1 is 1.22 bits per heavy atom. The molecular formula is C23H27N3O. The van der Waals surface area contributed by atoms with Gasteiger partial charge in [0.1, 0.15) is 0 Å². The van der Waals surface area contributed by atoms with Crippen LogP contribution in [-0.2, 0) is 6.42 Å². The summed E-state index contributed by atoms with van der Waals surface area (Å²) in [7, 11) is 2.28. The van der Waals surface area contributed by atoms with Crippen molar-refractivity contribution in [2.45, 2.75) is 46.1 Å². The fourth-order valence-electron chi connectivity index (χ4n) is 5.40. The van der Waals surface area contributed by atoms with Gasteiger partial charge in [-0.25, -0.2) is 0 Å². The molecule has 0 radical (unpaired) electrons. The van der Waals surface area contributed by atoms with Gasteiger partial charge in [-0.2, -0.15) is 0 Å². The summed E-state index contributed by atoms with van der Waals surface area (Å²) >= 11 is 0.